The number of hydrogen-bond acceptors (Lipinski definition) is 5. The van der Waals surface area contributed by atoms with Gasteiger partial charge in [0.1, 0.15) is 17.3 Å². The molecule has 1 aromatic heterocycles. The Bertz CT molecular complexity index is 950. The number of sulfonamides is 1. The third-order valence-electron chi connectivity index (χ3n) is 5.84. The van der Waals surface area contributed by atoms with Gasteiger partial charge in [-0.15, -0.1) is 0 Å². The minimum atomic E-state index is -3.53. The SMILES string of the molecule is CCOc1c(C)cc(S(=O)(=O)NCC2CCN(Cc3cc(C)oc3C)CC2)cc1C. The maximum Gasteiger partial charge on any atom is 0.240 e. The molecule has 0 unspecified atom stereocenters. The highest BCUT2D eigenvalue weighted by Gasteiger charge is 2.23. The summed E-state index contributed by atoms with van der Waals surface area (Å²) in [5, 5.41) is 0. The maximum absolute atomic E-state index is 12.8. The van der Waals surface area contributed by atoms with E-state index in [0.29, 0.717) is 24.0 Å². The van der Waals surface area contributed by atoms with Gasteiger partial charge in [-0.1, -0.05) is 0 Å². The van der Waals surface area contributed by atoms with Crippen molar-refractivity contribution >= 4 is 10.0 Å². The van der Waals surface area contributed by atoms with Crippen LogP contribution in [0.5, 0.6) is 5.75 Å². The molecule has 0 bridgehead atoms. The number of piperidine rings is 1. The van der Waals surface area contributed by atoms with Crippen LogP contribution in [0.1, 0.15) is 48.0 Å². The molecule has 1 aliphatic rings. The fourth-order valence-electron chi connectivity index (χ4n) is 4.18. The molecule has 0 atom stereocenters. The number of benzene rings is 1. The Kier molecular flexibility index (Phi) is 7.26. The van der Waals surface area contributed by atoms with Gasteiger partial charge in [0.25, 0.3) is 0 Å². The van der Waals surface area contributed by atoms with E-state index in [4.69, 9.17) is 9.15 Å². The molecule has 0 radical (unpaired) electrons. The Morgan fingerprint density at radius 1 is 1.10 bits per heavy atom. The molecule has 0 aliphatic carbocycles. The lowest BCUT2D eigenvalue weighted by molar-refractivity contribution is 0.178. The fourth-order valence-corrected chi connectivity index (χ4v) is 5.46. The molecule has 2 heterocycles. The predicted octanol–water partition coefficient (Wildman–Crippen LogP) is 4.10. The van der Waals surface area contributed by atoms with Crippen LogP contribution >= 0.6 is 0 Å². The van der Waals surface area contributed by atoms with Crippen LogP contribution in [-0.2, 0) is 16.6 Å². The van der Waals surface area contributed by atoms with Gasteiger partial charge in [-0.25, -0.2) is 13.1 Å². The highest BCUT2D eigenvalue weighted by Crippen LogP contribution is 2.27. The summed E-state index contributed by atoms with van der Waals surface area (Å²) in [6.07, 6.45) is 1.97. The highest BCUT2D eigenvalue weighted by atomic mass is 32.2. The molecule has 6 nitrogen and oxygen atoms in total. The number of hydrogen-bond donors (Lipinski definition) is 1. The van der Waals surface area contributed by atoms with Crippen molar-refractivity contribution in [1.82, 2.24) is 9.62 Å². The van der Waals surface area contributed by atoms with Crippen molar-refractivity contribution < 1.29 is 17.6 Å². The first-order valence-corrected chi connectivity index (χ1v) is 12.2. The van der Waals surface area contributed by atoms with E-state index in [-0.39, 0.29) is 0 Å². The van der Waals surface area contributed by atoms with E-state index >= 15 is 0 Å². The van der Waals surface area contributed by atoms with Gasteiger partial charge in [-0.3, -0.25) is 4.90 Å². The molecule has 0 spiro atoms. The molecule has 2 aromatic rings. The lowest BCUT2D eigenvalue weighted by Gasteiger charge is -2.31. The molecule has 3 rings (SSSR count). The molecule has 1 aromatic carbocycles. The molecule has 30 heavy (non-hydrogen) atoms. The minimum Gasteiger partial charge on any atom is -0.493 e. The number of furan rings is 1. The summed E-state index contributed by atoms with van der Waals surface area (Å²) in [5.41, 5.74) is 2.93. The van der Waals surface area contributed by atoms with Gasteiger partial charge in [0, 0.05) is 18.7 Å². The highest BCUT2D eigenvalue weighted by molar-refractivity contribution is 7.89. The third-order valence-corrected chi connectivity index (χ3v) is 7.24. The summed E-state index contributed by atoms with van der Waals surface area (Å²) in [6.45, 7) is 13.5. The number of nitrogens with one attached hydrogen (secondary N) is 1. The quantitative estimate of drug-likeness (QED) is 0.677. The number of rotatable bonds is 8. The lowest BCUT2D eigenvalue weighted by atomic mass is 9.97. The van der Waals surface area contributed by atoms with E-state index in [1.54, 1.807) is 12.1 Å². The molecule has 0 amide bonds. The van der Waals surface area contributed by atoms with Crippen LogP contribution in [0.2, 0.25) is 0 Å². The Balaban J connectivity index is 1.54. The van der Waals surface area contributed by atoms with Crippen molar-refractivity contribution in [1.29, 1.82) is 0 Å². The summed E-state index contributed by atoms with van der Waals surface area (Å²) in [6, 6.07) is 5.49. The normalized spacial score (nSPS) is 16.2. The maximum atomic E-state index is 12.8. The number of nitrogens with zero attached hydrogens (tertiary/aromatic N) is 1. The molecule has 0 saturated carbocycles. The van der Waals surface area contributed by atoms with Crippen molar-refractivity contribution in [2.24, 2.45) is 5.92 Å². The number of ether oxygens (including phenoxy) is 1. The van der Waals surface area contributed by atoms with Crippen molar-refractivity contribution in [3.8, 4) is 5.75 Å². The monoisotopic (exact) mass is 434 g/mol. The van der Waals surface area contributed by atoms with Gasteiger partial charge in [-0.2, -0.15) is 0 Å². The van der Waals surface area contributed by atoms with Crippen LogP contribution in [0, 0.1) is 33.6 Å². The second-order valence-corrected chi connectivity index (χ2v) is 10.1. The zero-order valence-electron chi connectivity index (χ0n) is 18.7. The summed E-state index contributed by atoms with van der Waals surface area (Å²) >= 11 is 0. The molecule has 7 heteroatoms. The summed E-state index contributed by atoms with van der Waals surface area (Å²) in [7, 11) is -3.53. The van der Waals surface area contributed by atoms with E-state index in [9.17, 15) is 8.42 Å². The van der Waals surface area contributed by atoms with Crippen LogP contribution in [-0.4, -0.2) is 39.6 Å². The van der Waals surface area contributed by atoms with Gasteiger partial charge < -0.3 is 9.15 Å². The van der Waals surface area contributed by atoms with Crippen molar-refractivity contribution in [3.63, 3.8) is 0 Å². The zero-order valence-corrected chi connectivity index (χ0v) is 19.6. The van der Waals surface area contributed by atoms with E-state index in [1.807, 2.05) is 34.6 Å². The minimum absolute atomic E-state index is 0.309. The molecule has 1 fully saturated rings. The first-order chi connectivity index (χ1) is 14.2. The van der Waals surface area contributed by atoms with Crippen LogP contribution in [0.4, 0.5) is 0 Å². The van der Waals surface area contributed by atoms with Crippen LogP contribution in [0.25, 0.3) is 0 Å². The van der Waals surface area contributed by atoms with Gasteiger partial charge in [0.2, 0.25) is 10.0 Å². The van der Waals surface area contributed by atoms with E-state index < -0.39 is 10.0 Å². The summed E-state index contributed by atoms with van der Waals surface area (Å²) < 4.78 is 39.7. The average Bonchev–Trinajstić information content (AvgIpc) is 3.01. The van der Waals surface area contributed by atoms with Crippen LogP contribution in [0.3, 0.4) is 0 Å². The standard InChI is InChI=1S/C23H34N2O4S/c1-6-28-23-16(2)11-22(12-17(23)3)30(26,27)24-14-20-7-9-25(10-8-20)15-21-13-18(4)29-19(21)5/h11-13,20,24H,6-10,14-15H2,1-5H3. The average molecular weight is 435 g/mol. The summed E-state index contributed by atoms with van der Waals surface area (Å²) in [5.74, 6) is 3.06. The molecule has 1 N–H and O–H groups in total. The van der Waals surface area contributed by atoms with E-state index in [2.05, 4.69) is 15.7 Å². The molecule has 166 valence electrons. The Morgan fingerprint density at radius 3 is 2.27 bits per heavy atom. The molecule has 1 saturated heterocycles. The number of likely N-dealkylation sites (tertiary alicyclic amines) is 1. The first-order valence-electron chi connectivity index (χ1n) is 10.7. The van der Waals surface area contributed by atoms with Crippen molar-refractivity contribution in [2.75, 3.05) is 26.2 Å². The molecular weight excluding hydrogens is 400 g/mol. The second kappa shape index (κ2) is 9.54. The Hall–Kier alpha value is -1.83. The van der Waals surface area contributed by atoms with Gasteiger partial charge >= 0.3 is 0 Å². The topological polar surface area (TPSA) is 71.8 Å². The first kappa shape index (κ1) is 22.8. The fraction of sp³-hybridized carbons (Fsp3) is 0.565. The van der Waals surface area contributed by atoms with E-state index in [1.165, 1.54) is 5.56 Å². The van der Waals surface area contributed by atoms with Crippen molar-refractivity contribution in [3.05, 3.63) is 46.4 Å². The van der Waals surface area contributed by atoms with Crippen molar-refractivity contribution in [2.45, 2.75) is 58.9 Å². The summed E-state index contributed by atoms with van der Waals surface area (Å²) in [4.78, 5) is 2.73. The number of aryl methyl sites for hydroxylation is 4. The third kappa shape index (κ3) is 5.45. The van der Waals surface area contributed by atoms with Gasteiger partial charge in [0.05, 0.1) is 11.5 Å². The van der Waals surface area contributed by atoms with Crippen LogP contribution in [0.15, 0.2) is 27.5 Å². The largest absolute Gasteiger partial charge is 0.493 e. The molecule has 1 aliphatic heterocycles. The zero-order chi connectivity index (χ0) is 21.9. The van der Waals surface area contributed by atoms with Crippen LogP contribution < -0.4 is 9.46 Å². The Morgan fingerprint density at radius 2 is 1.73 bits per heavy atom. The lowest BCUT2D eigenvalue weighted by Crippen LogP contribution is -2.38. The smallest absolute Gasteiger partial charge is 0.240 e. The van der Waals surface area contributed by atoms with E-state index in [0.717, 1.165) is 60.9 Å². The second-order valence-electron chi connectivity index (χ2n) is 8.33. The molecular formula is C23H34N2O4S. The predicted molar refractivity (Wildman–Crippen MR) is 118 cm³/mol. The van der Waals surface area contributed by atoms with Gasteiger partial charge in [-0.05, 0) is 95.8 Å². The Labute approximate surface area is 180 Å². The van der Waals surface area contributed by atoms with Gasteiger partial charge in [0.15, 0.2) is 0 Å².